The minimum Gasteiger partial charge on any atom is -0.303 e. The van der Waals surface area contributed by atoms with Gasteiger partial charge in [-0.2, -0.15) is 0 Å². The molecule has 0 atom stereocenters. The van der Waals surface area contributed by atoms with Gasteiger partial charge in [0.15, 0.2) is 0 Å². The van der Waals surface area contributed by atoms with Crippen LogP contribution in [0.5, 0.6) is 0 Å². The molecule has 0 aromatic heterocycles. The summed E-state index contributed by atoms with van der Waals surface area (Å²) in [4.78, 5) is 2.34. The summed E-state index contributed by atoms with van der Waals surface area (Å²) in [7, 11) is 1.85. The van der Waals surface area contributed by atoms with Gasteiger partial charge in [-0.1, -0.05) is 13.8 Å². The molecule has 1 fully saturated rings. The summed E-state index contributed by atoms with van der Waals surface area (Å²) < 4.78 is 21.5. The molecule has 1 heterocycles. The van der Waals surface area contributed by atoms with Gasteiger partial charge in [-0.15, -0.1) is 0 Å². The normalized spacial score (nSPS) is 22.9. The van der Waals surface area contributed by atoms with Gasteiger partial charge in [-0.05, 0) is 37.8 Å². The monoisotopic (exact) mass is 253 g/mol. The van der Waals surface area contributed by atoms with Gasteiger partial charge in [0.25, 0.3) is 0 Å². The molecule has 0 aliphatic carbocycles. The highest BCUT2D eigenvalue weighted by Crippen LogP contribution is 2.28. The highest BCUT2D eigenvalue weighted by Gasteiger charge is 2.25. The van der Waals surface area contributed by atoms with Crippen LogP contribution in [0, 0.1) is 5.41 Å². The summed E-state index contributed by atoms with van der Waals surface area (Å²) >= 11 is 0. The van der Waals surface area contributed by atoms with Crippen LogP contribution in [-0.4, -0.2) is 38.7 Å². The average molecular weight is 254 g/mol. The third-order valence-electron chi connectivity index (χ3n) is 2.84. The number of hydrogen-bond donors (Lipinski definition) is 0. The molecule has 1 saturated heterocycles. The maximum Gasteiger partial charge on any atom is 0.232 e. The molecule has 90 valence electrons. The lowest BCUT2D eigenvalue weighted by molar-refractivity contribution is 0.118. The largest absolute Gasteiger partial charge is 0.303 e. The molecular weight excluding hydrogens is 234 g/mol. The number of rotatable bonds is 4. The summed E-state index contributed by atoms with van der Waals surface area (Å²) in [6.07, 6.45) is 3.11. The standard InChI is InChI=1S/C10H20ClNO2S/c1-10(2)5-3-6-12(9-10)7-4-8-15(11,13)14/h3-9H2,1-2H3. The van der Waals surface area contributed by atoms with Crippen molar-refractivity contribution < 1.29 is 8.42 Å². The van der Waals surface area contributed by atoms with Gasteiger partial charge < -0.3 is 4.90 Å². The lowest BCUT2D eigenvalue weighted by Gasteiger charge is -2.38. The first-order valence-electron chi connectivity index (χ1n) is 5.43. The van der Waals surface area contributed by atoms with E-state index in [0.29, 0.717) is 11.8 Å². The molecule has 15 heavy (non-hydrogen) atoms. The number of nitrogens with zero attached hydrogens (tertiary/aromatic N) is 1. The van der Waals surface area contributed by atoms with Crippen LogP contribution in [0.3, 0.4) is 0 Å². The second-order valence-electron chi connectivity index (χ2n) is 5.14. The molecule has 0 aromatic carbocycles. The number of likely N-dealkylation sites (tertiary alicyclic amines) is 1. The molecule has 0 unspecified atom stereocenters. The van der Waals surface area contributed by atoms with Crippen molar-refractivity contribution in [2.75, 3.05) is 25.4 Å². The van der Waals surface area contributed by atoms with Crippen molar-refractivity contribution in [2.24, 2.45) is 5.41 Å². The summed E-state index contributed by atoms with van der Waals surface area (Å²) in [6, 6.07) is 0. The van der Waals surface area contributed by atoms with Crippen molar-refractivity contribution in [1.82, 2.24) is 4.90 Å². The molecule has 0 amide bonds. The molecular formula is C10H20ClNO2S. The smallest absolute Gasteiger partial charge is 0.232 e. The van der Waals surface area contributed by atoms with Crippen LogP contribution in [0.1, 0.15) is 33.1 Å². The maximum absolute atomic E-state index is 10.7. The van der Waals surface area contributed by atoms with Crippen LogP contribution in [0.25, 0.3) is 0 Å². The van der Waals surface area contributed by atoms with Gasteiger partial charge in [0, 0.05) is 17.2 Å². The first-order valence-corrected chi connectivity index (χ1v) is 7.91. The Hall–Kier alpha value is 0.200. The van der Waals surface area contributed by atoms with E-state index in [4.69, 9.17) is 10.7 Å². The highest BCUT2D eigenvalue weighted by atomic mass is 35.7. The highest BCUT2D eigenvalue weighted by molar-refractivity contribution is 8.13. The van der Waals surface area contributed by atoms with Crippen molar-refractivity contribution in [2.45, 2.75) is 33.1 Å². The Morgan fingerprint density at radius 3 is 2.60 bits per heavy atom. The minimum atomic E-state index is -3.31. The van der Waals surface area contributed by atoms with Crippen molar-refractivity contribution in [3.05, 3.63) is 0 Å². The summed E-state index contributed by atoms with van der Waals surface area (Å²) in [5, 5.41) is 0. The topological polar surface area (TPSA) is 37.4 Å². The van der Waals surface area contributed by atoms with Gasteiger partial charge in [-0.3, -0.25) is 0 Å². The third kappa shape index (κ3) is 5.73. The first-order chi connectivity index (χ1) is 6.79. The molecule has 1 rings (SSSR count). The van der Waals surface area contributed by atoms with Crippen LogP contribution in [0.15, 0.2) is 0 Å². The summed E-state index contributed by atoms with van der Waals surface area (Å²) in [6.45, 7) is 7.52. The maximum atomic E-state index is 10.7. The average Bonchev–Trinajstić information content (AvgIpc) is 1.99. The molecule has 0 saturated carbocycles. The van der Waals surface area contributed by atoms with Crippen LogP contribution in [0.2, 0.25) is 0 Å². The molecule has 0 bridgehead atoms. The minimum absolute atomic E-state index is 0.0888. The van der Waals surface area contributed by atoms with E-state index in [1.807, 2.05) is 0 Å². The van der Waals surface area contributed by atoms with Gasteiger partial charge in [0.1, 0.15) is 0 Å². The third-order valence-corrected chi connectivity index (χ3v) is 4.08. The first kappa shape index (κ1) is 13.3. The zero-order chi connectivity index (χ0) is 11.5. The molecule has 1 aliphatic rings. The lowest BCUT2D eigenvalue weighted by Crippen LogP contribution is -2.40. The van der Waals surface area contributed by atoms with E-state index in [1.165, 1.54) is 12.8 Å². The van der Waals surface area contributed by atoms with Crippen LogP contribution in [0.4, 0.5) is 0 Å². The van der Waals surface area contributed by atoms with Gasteiger partial charge in [0.2, 0.25) is 9.05 Å². The fourth-order valence-electron chi connectivity index (χ4n) is 2.20. The molecule has 0 N–H and O–H groups in total. The number of halogens is 1. The van der Waals surface area contributed by atoms with E-state index >= 15 is 0 Å². The van der Waals surface area contributed by atoms with E-state index in [2.05, 4.69) is 18.7 Å². The number of hydrogen-bond acceptors (Lipinski definition) is 3. The van der Waals surface area contributed by atoms with Crippen LogP contribution in [-0.2, 0) is 9.05 Å². The predicted octanol–water partition coefficient (Wildman–Crippen LogP) is 2.07. The van der Waals surface area contributed by atoms with Crippen molar-refractivity contribution in [3.63, 3.8) is 0 Å². The molecule has 0 aromatic rings. The van der Waals surface area contributed by atoms with Gasteiger partial charge in [0.05, 0.1) is 5.75 Å². The Bertz CT molecular complexity index is 301. The van der Waals surface area contributed by atoms with E-state index in [1.54, 1.807) is 0 Å². The van der Waals surface area contributed by atoms with E-state index in [9.17, 15) is 8.42 Å². The Morgan fingerprint density at radius 1 is 1.40 bits per heavy atom. The molecule has 1 aliphatic heterocycles. The van der Waals surface area contributed by atoms with Crippen LogP contribution < -0.4 is 0 Å². The molecule has 0 radical (unpaired) electrons. The quantitative estimate of drug-likeness (QED) is 0.720. The summed E-state index contributed by atoms with van der Waals surface area (Å²) in [5.74, 6) is 0.0888. The van der Waals surface area contributed by atoms with Gasteiger partial charge in [-0.25, -0.2) is 8.42 Å². The zero-order valence-corrected chi connectivity index (χ0v) is 11.1. The Kier molecular flexibility index (Phi) is 4.44. The van der Waals surface area contributed by atoms with E-state index in [-0.39, 0.29) is 5.75 Å². The van der Waals surface area contributed by atoms with E-state index in [0.717, 1.165) is 19.6 Å². The summed E-state index contributed by atoms with van der Waals surface area (Å²) in [5.41, 5.74) is 0.373. The SMILES string of the molecule is CC1(C)CCCN(CCCS(=O)(=O)Cl)C1. The van der Waals surface area contributed by atoms with Crippen molar-refractivity contribution in [1.29, 1.82) is 0 Å². The lowest BCUT2D eigenvalue weighted by atomic mass is 9.84. The van der Waals surface area contributed by atoms with Crippen LogP contribution >= 0.6 is 10.7 Å². The van der Waals surface area contributed by atoms with Gasteiger partial charge >= 0.3 is 0 Å². The van der Waals surface area contributed by atoms with Crippen molar-refractivity contribution >= 4 is 19.7 Å². The van der Waals surface area contributed by atoms with E-state index < -0.39 is 9.05 Å². The fourth-order valence-corrected chi connectivity index (χ4v) is 3.00. The fraction of sp³-hybridized carbons (Fsp3) is 1.00. The number of piperidine rings is 1. The molecule has 5 heteroatoms. The molecule has 3 nitrogen and oxygen atoms in total. The Balaban J connectivity index is 2.28. The second kappa shape index (κ2) is 5.02. The second-order valence-corrected chi connectivity index (χ2v) is 8.04. The zero-order valence-electron chi connectivity index (χ0n) is 9.50. The Morgan fingerprint density at radius 2 is 2.07 bits per heavy atom. The molecule has 0 spiro atoms. The van der Waals surface area contributed by atoms with Crippen molar-refractivity contribution in [3.8, 4) is 0 Å². The Labute approximate surface area is 97.2 Å². The predicted molar refractivity (Wildman–Crippen MR) is 63.7 cm³/mol.